The monoisotopic (exact) mass is 408 g/mol. The molecule has 0 atom stereocenters. The van der Waals surface area contributed by atoms with Crippen LogP contribution in [-0.4, -0.2) is 0 Å². The fourth-order valence-corrected chi connectivity index (χ4v) is 3.49. The molecule has 4 aromatic rings. The van der Waals surface area contributed by atoms with Gasteiger partial charge in [-0.3, -0.25) is 0 Å². The highest BCUT2D eigenvalue weighted by Gasteiger charge is 2.10. The fraction of sp³-hybridized carbons (Fsp3) is 0. The maximum Gasteiger partial charge on any atom is 0.0406 e. The zero-order valence-corrected chi connectivity index (χ0v) is 16.6. The van der Waals surface area contributed by atoms with Gasteiger partial charge in [0.05, 0.1) is 0 Å². The van der Waals surface area contributed by atoms with Crippen molar-refractivity contribution in [1.82, 2.24) is 0 Å². The molecule has 0 spiro atoms. The number of hydrogen-bond donors (Lipinski definition) is 0. The zero-order valence-electron chi connectivity index (χ0n) is 14.3. The Bertz CT molecular complexity index is 1060. The Balaban J connectivity index is 1.89. The number of rotatable bonds is 3. The van der Waals surface area contributed by atoms with Crippen LogP contribution in [0.2, 0.25) is 15.1 Å². The Morgan fingerprint density at radius 2 is 0.704 bits per heavy atom. The van der Waals surface area contributed by atoms with Crippen LogP contribution in [0.15, 0.2) is 91.0 Å². The molecule has 0 nitrogen and oxygen atoms in total. The van der Waals surface area contributed by atoms with Crippen molar-refractivity contribution < 1.29 is 0 Å². The minimum Gasteiger partial charge on any atom is -0.0843 e. The second kappa shape index (κ2) is 7.78. The van der Waals surface area contributed by atoms with Crippen molar-refractivity contribution in [3.8, 4) is 33.4 Å². The van der Waals surface area contributed by atoms with Gasteiger partial charge in [-0.2, -0.15) is 0 Å². The maximum atomic E-state index is 6.09. The molecule has 0 aliphatic heterocycles. The molecule has 0 amide bonds. The van der Waals surface area contributed by atoms with Crippen LogP contribution in [0.5, 0.6) is 0 Å². The molecule has 3 heteroatoms. The van der Waals surface area contributed by atoms with Gasteiger partial charge >= 0.3 is 0 Å². The first kappa shape index (κ1) is 18.1. The summed E-state index contributed by atoms with van der Waals surface area (Å²) in [6.45, 7) is 0. The van der Waals surface area contributed by atoms with E-state index in [1.807, 2.05) is 72.8 Å². The van der Waals surface area contributed by atoms with Crippen molar-refractivity contribution in [2.75, 3.05) is 0 Å². The molecule has 0 heterocycles. The molecule has 0 aliphatic carbocycles. The lowest BCUT2D eigenvalue weighted by molar-refractivity contribution is 1.56. The minimum absolute atomic E-state index is 0.723. The second-order valence-electron chi connectivity index (χ2n) is 6.28. The van der Waals surface area contributed by atoms with Gasteiger partial charge in [0.2, 0.25) is 0 Å². The summed E-state index contributed by atoms with van der Waals surface area (Å²) in [6, 6.07) is 30.2. The van der Waals surface area contributed by atoms with Gasteiger partial charge in [0, 0.05) is 15.1 Å². The predicted molar refractivity (Wildman–Crippen MR) is 118 cm³/mol. The van der Waals surface area contributed by atoms with Crippen molar-refractivity contribution in [1.29, 1.82) is 0 Å². The fourth-order valence-electron chi connectivity index (χ4n) is 3.12. The van der Waals surface area contributed by atoms with E-state index in [0.717, 1.165) is 48.4 Å². The summed E-state index contributed by atoms with van der Waals surface area (Å²) >= 11 is 18.2. The molecule has 0 aliphatic rings. The first-order chi connectivity index (χ1) is 13.1. The average Bonchev–Trinajstić information content (AvgIpc) is 2.69. The lowest BCUT2D eigenvalue weighted by Crippen LogP contribution is -1.88. The summed E-state index contributed by atoms with van der Waals surface area (Å²) in [6.07, 6.45) is 0. The molecule has 27 heavy (non-hydrogen) atoms. The van der Waals surface area contributed by atoms with Gasteiger partial charge < -0.3 is 0 Å². The molecule has 0 fully saturated rings. The molecule has 0 saturated heterocycles. The molecule has 0 N–H and O–H groups in total. The van der Waals surface area contributed by atoms with Crippen LogP contribution in [-0.2, 0) is 0 Å². The van der Waals surface area contributed by atoms with E-state index in [2.05, 4.69) is 18.2 Å². The van der Waals surface area contributed by atoms with Crippen LogP contribution in [0.1, 0.15) is 0 Å². The Kier molecular flexibility index (Phi) is 5.22. The first-order valence-electron chi connectivity index (χ1n) is 8.52. The third kappa shape index (κ3) is 4.04. The van der Waals surface area contributed by atoms with Crippen LogP contribution in [0, 0.1) is 0 Å². The SMILES string of the molecule is Clc1ccc(-c2ccc(-c3ccc(Cl)cc3)c(-c3ccc(Cl)cc3)c2)cc1. The van der Waals surface area contributed by atoms with Crippen LogP contribution < -0.4 is 0 Å². The van der Waals surface area contributed by atoms with Gasteiger partial charge in [0.1, 0.15) is 0 Å². The number of halogens is 3. The van der Waals surface area contributed by atoms with E-state index in [-0.39, 0.29) is 0 Å². The third-order valence-corrected chi connectivity index (χ3v) is 5.26. The van der Waals surface area contributed by atoms with Crippen molar-refractivity contribution in [2.24, 2.45) is 0 Å². The van der Waals surface area contributed by atoms with Gasteiger partial charge in [0.15, 0.2) is 0 Å². The van der Waals surface area contributed by atoms with E-state index in [1.165, 1.54) is 0 Å². The summed E-state index contributed by atoms with van der Waals surface area (Å²) in [7, 11) is 0. The topological polar surface area (TPSA) is 0 Å². The predicted octanol–water partition coefficient (Wildman–Crippen LogP) is 8.65. The summed E-state index contributed by atoms with van der Waals surface area (Å²) < 4.78 is 0. The van der Waals surface area contributed by atoms with E-state index in [9.17, 15) is 0 Å². The highest BCUT2D eigenvalue weighted by atomic mass is 35.5. The van der Waals surface area contributed by atoms with Crippen LogP contribution >= 0.6 is 34.8 Å². The summed E-state index contributed by atoms with van der Waals surface area (Å²) in [5.41, 5.74) is 6.77. The van der Waals surface area contributed by atoms with E-state index in [1.54, 1.807) is 0 Å². The average molecular weight is 410 g/mol. The lowest BCUT2D eigenvalue weighted by Gasteiger charge is -2.13. The first-order valence-corrected chi connectivity index (χ1v) is 9.65. The molecule has 0 radical (unpaired) electrons. The Labute approximate surface area is 174 Å². The van der Waals surface area contributed by atoms with E-state index < -0.39 is 0 Å². The number of hydrogen-bond acceptors (Lipinski definition) is 0. The summed E-state index contributed by atoms with van der Waals surface area (Å²) in [4.78, 5) is 0. The standard InChI is InChI=1S/C24H15Cl3/c25-20-8-1-16(2-9-20)19-7-14-23(17-3-10-21(26)11-4-17)24(15-19)18-5-12-22(27)13-6-18/h1-15H. The van der Waals surface area contributed by atoms with Crippen molar-refractivity contribution in [3.63, 3.8) is 0 Å². The molecule has 0 unspecified atom stereocenters. The minimum atomic E-state index is 0.723. The normalized spacial score (nSPS) is 10.8. The molecule has 4 aromatic carbocycles. The smallest absolute Gasteiger partial charge is 0.0406 e. The molecule has 0 aromatic heterocycles. The van der Waals surface area contributed by atoms with Gasteiger partial charge in [-0.05, 0) is 75.8 Å². The molecule has 0 bridgehead atoms. The van der Waals surface area contributed by atoms with Gasteiger partial charge in [-0.1, -0.05) is 83.3 Å². The van der Waals surface area contributed by atoms with Crippen molar-refractivity contribution >= 4 is 34.8 Å². The molecule has 4 rings (SSSR count). The largest absolute Gasteiger partial charge is 0.0843 e. The Hall–Kier alpha value is -2.25. The van der Waals surface area contributed by atoms with Crippen LogP contribution in [0.3, 0.4) is 0 Å². The third-order valence-electron chi connectivity index (χ3n) is 4.51. The number of benzene rings is 4. The van der Waals surface area contributed by atoms with E-state index in [4.69, 9.17) is 34.8 Å². The van der Waals surface area contributed by atoms with Crippen LogP contribution in [0.4, 0.5) is 0 Å². The van der Waals surface area contributed by atoms with E-state index >= 15 is 0 Å². The van der Waals surface area contributed by atoms with Crippen molar-refractivity contribution in [2.45, 2.75) is 0 Å². The molecular formula is C24H15Cl3. The molecule has 132 valence electrons. The Morgan fingerprint density at radius 3 is 1.19 bits per heavy atom. The molecule has 0 saturated carbocycles. The lowest BCUT2D eigenvalue weighted by atomic mass is 9.91. The maximum absolute atomic E-state index is 6.09. The quantitative estimate of drug-likeness (QED) is 0.317. The molecular weight excluding hydrogens is 395 g/mol. The van der Waals surface area contributed by atoms with Gasteiger partial charge in [0.25, 0.3) is 0 Å². The highest BCUT2D eigenvalue weighted by molar-refractivity contribution is 6.31. The van der Waals surface area contributed by atoms with Gasteiger partial charge in [-0.25, -0.2) is 0 Å². The Morgan fingerprint density at radius 1 is 0.333 bits per heavy atom. The van der Waals surface area contributed by atoms with Crippen molar-refractivity contribution in [3.05, 3.63) is 106 Å². The van der Waals surface area contributed by atoms with E-state index in [0.29, 0.717) is 0 Å². The summed E-state index contributed by atoms with van der Waals surface area (Å²) in [5.74, 6) is 0. The van der Waals surface area contributed by atoms with Gasteiger partial charge in [-0.15, -0.1) is 0 Å². The van der Waals surface area contributed by atoms with Crippen LogP contribution in [0.25, 0.3) is 33.4 Å². The highest BCUT2D eigenvalue weighted by Crippen LogP contribution is 2.36. The second-order valence-corrected chi connectivity index (χ2v) is 7.59. The summed E-state index contributed by atoms with van der Waals surface area (Å²) in [5, 5.41) is 2.18. The zero-order chi connectivity index (χ0) is 18.8.